The van der Waals surface area contributed by atoms with Crippen molar-refractivity contribution in [3.63, 3.8) is 0 Å². The topological polar surface area (TPSA) is 29.3 Å². The predicted molar refractivity (Wildman–Crippen MR) is 87.2 cm³/mol. The molecule has 0 atom stereocenters. The van der Waals surface area contributed by atoms with Crippen LogP contribution in [0.1, 0.15) is 18.1 Å². The number of halogens is 1. The second-order valence-electron chi connectivity index (χ2n) is 4.74. The van der Waals surface area contributed by atoms with Crippen molar-refractivity contribution in [3.8, 4) is 0 Å². The summed E-state index contributed by atoms with van der Waals surface area (Å²) in [6.07, 6.45) is 1.06. The van der Waals surface area contributed by atoms with E-state index in [1.54, 1.807) is 0 Å². The molecule has 0 spiro atoms. The van der Waals surface area contributed by atoms with Gasteiger partial charge in [-0.2, -0.15) is 0 Å². The summed E-state index contributed by atoms with van der Waals surface area (Å²) in [5, 5.41) is 0. The van der Waals surface area contributed by atoms with E-state index in [9.17, 15) is 0 Å². The summed E-state index contributed by atoms with van der Waals surface area (Å²) in [7, 11) is 2.07. The van der Waals surface area contributed by atoms with Crippen LogP contribution in [-0.4, -0.2) is 7.05 Å². The maximum atomic E-state index is 5.92. The lowest BCUT2D eigenvalue weighted by Gasteiger charge is -2.22. The van der Waals surface area contributed by atoms with Crippen LogP contribution >= 0.6 is 15.9 Å². The highest BCUT2D eigenvalue weighted by Crippen LogP contribution is 2.34. The minimum Gasteiger partial charge on any atom is -0.398 e. The lowest BCUT2D eigenvalue weighted by molar-refractivity contribution is 1.13. The summed E-state index contributed by atoms with van der Waals surface area (Å²) in [5.74, 6) is 0. The molecular formula is C16H19BrN2. The monoisotopic (exact) mass is 318 g/mol. The van der Waals surface area contributed by atoms with Gasteiger partial charge in [0.15, 0.2) is 0 Å². The summed E-state index contributed by atoms with van der Waals surface area (Å²) in [5.41, 5.74) is 11.5. The van der Waals surface area contributed by atoms with Crippen LogP contribution in [0, 0.1) is 6.92 Å². The van der Waals surface area contributed by atoms with Crippen LogP contribution in [0.4, 0.5) is 17.1 Å². The minimum absolute atomic E-state index is 0.811. The molecule has 3 heteroatoms. The summed E-state index contributed by atoms with van der Waals surface area (Å²) in [6, 6.07) is 12.7. The molecule has 0 fully saturated rings. The Bertz CT molecular complexity index is 576. The number of hydrogen-bond acceptors (Lipinski definition) is 2. The van der Waals surface area contributed by atoms with Crippen molar-refractivity contribution in [2.24, 2.45) is 0 Å². The van der Waals surface area contributed by atoms with Gasteiger partial charge in [-0.05, 0) is 64.7 Å². The minimum atomic E-state index is 0.811. The molecule has 0 saturated carbocycles. The molecule has 2 N–H and O–H groups in total. The molecule has 0 aliphatic heterocycles. The summed E-state index contributed by atoms with van der Waals surface area (Å²) in [4.78, 5) is 2.16. The Kier molecular flexibility index (Phi) is 4.15. The van der Waals surface area contributed by atoms with Crippen molar-refractivity contribution < 1.29 is 0 Å². The SMILES string of the molecule is CCc1ccc(N(C)c2cc(C)c(N)cc2Br)cc1. The van der Waals surface area contributed by atoms with E-state index in [1.807, 2.05) is 13.0 Å². The molecule has 0 radical (unpaired) electrons. The van der Waals surface area contributed by atoms with Gasteiger partial charge in [0, 0.05) is 22.9 Å². The van der Waals surface area contributed by atoms with E-state index < -0.39 is 0 Å². The standard InChI is InChI=1S/C16H19BrN2/c1-4-12-5-7-13(8-6-12)19(3)16-9-11(2)15(18)10-14(16)17/h5-10H,4,18H2,1-3H3. The van der Waals surface area contributed by atoms with Gasteiger partial charge in [-0.15, -0.1) is 0 Å². The number of anilines is 3. The van der Waals surface area contributed by atoms with Crippen LogP contribution < -0.4 is 10.6 Å². The molecular weight excluding hydrogens is 300 g/mol. The molecule has 0 aromatic heterocycles. The van der Waals surface area contributed by atoms with E-state index >= 15 is 0 Å². The zero-order chi connectivity index (χ0) is 14.0. The van der Waals surface area contributed by atoms with Gasteiger partial charge < -0.3 is 10.6 Å². The quantitative estimate of drug-likeness (QED) is 0.833. The molecule has 2 aromatic rings. The molecule has 100 valence electrons. The zero-order valence-corrected chi connectivity index (χ0v) is 13.2. The van der Waals surface area contributed by atoms with E-state index in [4.69, 9.17) is 5.73 Å². The van der Waals surface area contributed by atoms with Crippen LogP contribution in [0.3, 0.4) is 0 Å². The molecule has 0 aliphatic rings. The van der Waals surface area contributed by atoms with Crippen molar-refractivity contribution in [2.45, 2.75) is 20.3 Å². The molecule has 0 aliphatic carbocycles. The molecule has 19 heavy (non-hydrogen) atoms. The van der Waals surface area contributed by atoms with Gasteiger partial charge in [0.1, 0.15) is 0 Å². The van der Waals surface area contributed by atoms with Crippen molar-refractivity contribution in [3.05, 3.63) is 52.0 Å². The van der Waals surface area contributed by atoms with Gasteiger partial charge in [0.2, 0.25) is 0 Å². The van der Waals surface area contributed by atoms with Crippen molar-refractivity contribution >= 4 is 33.0 Å². The first kappa shape index (κ1) is 13.9. The number of nitrogens with zero attached hydrogens (tertiary/aromatic N) is 1. The number of benzene rings is 2. The van der Waals surface area contributed by atoms with E-state index in [-0.39, 0.29) is 0 Å². The maximum absolute atomic E-state index is 5.92. The van der Waals surface area contributed by atoms with Crippen LogP contribution in [0.15, 0.2) is 40.9 Å². The average Bonchev–Trinajstić information content (AvgIpc) is 2.42. The molecule has 2 aromatic carbocycles. The highest BCUT2D eigenvalue weighted by atomic mass is 79.9. The maximum Gasteiger partial charge on any atom is 0.0556 e. The van der Waals surface area contributed by atoms with Crippen LogP contribution in [-0.2, 0) is 6.42 Å². The van der Waals surface area contributed by atoms with E-state index in [2.05, 4.69) is 65.1 Å². The van der Waals surface area contributed by atoms with Crippen molar-refractivity contribution in [2.75, 3.05) is 17.7 Å². The van der Waals surface area contributed by atoms with Crippen LogP contribution in [0.25, 0.3) is 0 Å². The van der Waals surface area contributed by atoms with Gasteiger partial charge in [0.05, 0.1) is 5.69 Å². The lowest BCUT2D eigenvalue weighted by atomic mass is 10.1. The first-order valence-corrected chi connectivity index (χ1v) is 7.20. The highest BCUT2D eigenvalue weighted by Gasteiger charge is 2.10. The Morgan fingerprint density at radius 2 is 1.79 bits per heavy atom. The molecule has 0 saturated heterocycles. The number of hydrogen-bond donors (Lipinski definition) is 1. The van der Waals surface area contributed by atoms with Gasteiger partial charge in [-0.3, -0.25) is 0 Å². The average molecular weight is 319 g/mol. The van der Waals surface area contributed by atoms with Gasteiger partial charge in [-0.1, -0.05) is 19.1 Å². The van der Waals surface area contributed by atoms with Crippen LogP contribution in [0.5, 0.6) is 0 Å². The summed E-state index contributed by atoms with van der Waals surface area (Å²) in [6.45, 7) is 4.19. The molecule has 0 bridgehead atoms. The number of aryl methyl sites for hydroxylation is 2. The Morgan fingerprint density at radius 1 is 1.16 bits per heavy atom. The Balaban J connectivity index is 2.37. The number of nitrogens with two attached hydrogens (primary N) is 1. The van der Waals surface area contributed by atoms with E-state index in [1.165, 1.54) is 11.3 Å². The van der Waals surface area contributed by atoms with Crippen molar-refractivity contribution in [1.29, 1.82) is 0 Å². The molecule has 2 rings (SSSR count). The second-order valence-corrected chi connectivity index (χ2v) is 5.59. The molecule has 2 nitrogen and oxygen atoms in total. The third kappa shape index (κ3) is 2.92. The number of rotatable bonds is 3. The van der Waals surface area contributed by atoms with Gasteiger partial charge in [0.25, 0.3) is 0 Å². The van der Waals surface area contributed by atoms with E-state index in [0.717, 1.165) is 27.8 Å². The second kappa shape index (κ2) is 5.66. The number of nitrogen functional groups attached to an aromatic ring is 1. The smallest absolute Gasteiger partial charge is 0.0556 e. The fourth-order valence-electron chi connectivity index (χ4n) is 2.03. The normalized spacial score (nSPS) is 10.5. The van der Waals surface area contributed by atoms with Gasteiger partial charge >= 0.3 is 0 Å². The third-order valence-electron chi connectivity index (χ3n) is 3.43. The largest absolute Gasteiger partial charge is 0.398 e. The van der Waals surface area contributed by atoms with Gasteiger partial charge in [-0.25, -0.2) is 0 Å². The summed E-state index contributed by atoms with van der Waals surface area (Å²) >= 11 is 3.59. The Hall–Kier alpha value is -1.48. The highest BCUT2D eigenvalue weighted by molar-refractivity contribution is 9.10. The zero-order valence-electron chi connectivity index (χ0n) is 11.6. The summed E-state index contributed by atoms with van der Waals surface area (Å²) < 4.78 is 1.01. The van der Waals surface area contributed by atoms with E-state index in [0.29, 0.717) is 0 Å². The lowest BCUT2D eigenvalue weighted by Crippen LogP contribution is -2.10. The first-order valence-electron chi connectivity index (χ1n) is 6.41. The van der Waals surface area contributed by atoms with Crippen LogP contribution in [0.2, 0.25) is 0 Å². The molecule has 0 amide bonds. The Labute approximate surface area is 123 Å². The van der Waals surface area contributed by atoms with Crippen molar-refractivity contribution in [1.82, 2.24) is 0 Å². The fraction of sp³-hybridized carbons (Fsp3) is 0.250. The predicted octanol–water partition coefficient (Wildman–Crippen LogP) is 4.67. The first-order chi connectivity index (χ1) is 9.02. The fourth-order valence-corrected chi connectivity index (χ4v) is 2.66. The molecule has 0 heterocycles. The molecule has 0 unspecified atom stereocenters. The Morgan fingerprint density at radius 3 is 2.37 bits per heavy atom. The third-order valence-corrected chi connectivity index (χ3v) is 4.06.